The number of benzene rings is 1. The molecule has 0 radical (unpaired) electrons. The fourth-order valence-corrected chi connectivity index (χ4v) is 3.36. The van der Waals surface area contributed by atoms with Crippen LogP contribution >= 0.6 is 0 Å². The Hall–Kier alpha value is -2.67. The Balaban J connectivity index is 0.000000242. The number of carbonyl (C=O) groups excluding carboxylic acids is 1. The summed E-state index contributed by atoms with van der Waals surface area (Å²) in [5, 5.41) is 15.6. The highest BCUT2D eigenvalue weighted by molar-refractivity contribution is 5.99. The molecule has 1 aliphatic carbocycles. The van der Waals surface area contributed by atoms with Crippen molar-refractivity contribution in [1.82, 2.24) is 4.90 Å². The lowest BCUT2D eigenvalue weighted by Gasteiger charge is -2.26. The quantitative estimate of drug-likeness (QED) is 0.801. The molecule has 0 amide bonds. The van der Waals surface area contributed by atoms with E-state index < -0.39 is 11.9 Å². The summed E-state index contributed by atoms with van der Waals surface area (Å²) in [6.07, 6.45) is 1.81. The molecular formula is C18H21NO6. The van der Waals surface area contributed by atoms with Crippen molar-refractivity contribution in [3.8, 4) is 5.75 Å². The van der Waals surface area contributed by atoms with E-state index in [0.29, 0.717) is 30.4 Å². The summed E-state index contributed by atoms with van der Waals surface area (Å²) in [6.45, 7) is 2.11. The van der Waals surface area contributed by atoms with E-state index in [2.05, 4.69) is 18.0 Å². The van der Waals surface area contributed by atoms with Gasteiger partial charge in [0.25, 0.3) is 0 Å². The number of aliphatic carboxylic acids is 2. The molecule has 1 aromatic carbocycles. The number of carboxylic acid groups (broad SMARTS) is 2. The van der Waals surface area contributed by atoms with Gasteiger partial charge in [0, 0.05) is 43.1 Å². The van der Waals surface area contributed by atoms with Crippen LogP contribution in [0.5, 0.6) is 5.75 Å². The van der Waals surface area contributed by atoms with Crippen molar-refractivity contribution in [1.29, 1.82) is 0 Å². The molecule has 2 N–H and O–H groups in total. The fraction of sp³-hybridized carbons (Fsp3) is 0.389. The van der Waals surface area contributed by atoms with Crippen LogP contribution in [0.2, 0.25) is 0 Å². The molecule has 2 aliphatic rings. The Morgan fingerprint density at radius 1 is 1.20 bits per heavy atom. The average molecular weight is 347 g/mol. The van der Waals surface area contributed by atoms with Gasteiger partial charge in [-0.25, -0.2) is 9.59 Å². The molecule has 1 fully saturated rings. The highest BCUT2D eigenvalue weighted by Crippen LogP contribution is 2.41. The number of ketones is 1. The van der Waals surface area contributed by atoms with Crippen molar-refractivity contribution in [3.05, 3.63) is 41.5 Å². The van der Waals surface area contributed by atoms with Crippen LogP contribution in [0.3, 0.4) is 0 Å². The minimum atomic E-state index is -1.26. The molecule has 1 saturated heterocycles. The van der Waals surface area contributed by atoms with Crippen LogP contribution in [-0.2, 0) is 9.59 Å². The van der Waals surface area contributed by atoms with Crippen LogP contribution in [0.4, 0.5) is 0 Å². The van der Waals surface area contributed by atoms with Gasteiger partial charge in [0.2, 0.25) is 0 Å². The molecule has 7 heteroatoms. The number of Topliss-reactive ketones (excluding diaryl/α,β-unsaturated/α-hetero) is 1. The van der Waals surface area contributed by atoms with Gasteiger partial charge in [0.1, 0.15) is 5.75 Å². The van der Waals surface area contributed by atoms with E-state index in [1.54, 1.807) is 7.11 Å². The van der Waals surface area contributed by atoms with Gasteiger partial charge in [-0.1, -0.05) is 6.07 Å². The minimum Gasteiger partial charge on any atom is -0.497 e. The van der Waals surface area contributed by atoms with Crippen LogP contribution in [0.25, 0.3) is 0 Å². The number of nitrogens with zero attached hydrogens (tertiary/aromatic N) is 1. The smallest absolute Gasteiger partial charge is 0.328 e. The van der Waals surface area contributed by atoms with Gasteiger partial charge in [-0.05, 0) is 30.7 Å². The summed E-state index contributed by atoms with van der Waals surface area (Å²) in [5.41, 5.74) is 2.09. The molecule has 7 nitrogen and oxygen atoms in total. The van der Waals surface area contributed by atoms with Crippen LogP contribution in [0, 0.1) is 5.92 Å². The molecule has 25 heavy (non-hydrogen) atoms. The molecule has 3 rings (SSSR count). The number of ether oxygens (including phenoxy) is 1. The number of methoxy groups -OCH3 is 1. The molecule has 0 aromatic heterocycles. The van der Waals surface area contributed by atoms with E-state index in [1.807, 2.05) is 12.1 Å². The monoisotopic (exact) mass is 347 g/mol. The normalized spacial score (nSPS) is 21.9. The molecule has 2 atom stereocenters. The van der Waals surface area contributed by atoms with E-state index >= 15 is 0 Å². The highest BCUT2D eigenvalue weighted by atomic mass is 16.5. The lowest BCUT2D eigenvalue weighted by atomic mass is 9.76. The zero-order chi connectivity index (χ0) is 18.6. The minimum absolute atomic E-state index is 0.274. The maximum atomic E-state index is 12.1. The summed E-state index contributed by atoms with van der Waals surface area (Å²) in [6, 6.07) is 5.93. The topological polar surface area (TPSA) is 104 Å². The second-order valence-corrected chi connectivity index (χ2v) is 6.18. The Morgan fingerprint density at radius 3 is 2.40 bits per heavy atom. The number of likely N-dealkylation sites (tertiary alicyclic amines) is 1. The molecule has 0 saturated carbocycles. The third-order valence-corrected chi connectivity index (χ3v) is 4.40. The van der Waals surface area contributed by atoms with Gasteiger partial charge in [-0.2, -0.15) is 0 Å². The van der Waals surface area contributed by atoms with E-state index in [4.69, 9.17) is 14.9 Å². The molecule has 0 bridgehead atoms. The number of likely N-dealkylation sites (N-methyl/N-ethyl adjacent to an activating group) is 1. The molecule has 1 aromatic rings. The van der Waals surface area contributed by atoms with Gasteiger partial charge >= 0.3 is 11.9 Å². The number of carbonyl (C=O) groups is 3. The predicted molar refractivity (Wildman–Crippen MR) is 90.1 cm³/mol. The van der Waals surface area contributed by atoms with Gasteiger partial charge < -0.3 is 19.8 Å². The number of rotatable bonds is 3. The van der Waals surface area contributed by atoms with Gasteiger partial charge in [-0.15, -0.1) is 0 Å². The van der Waals surface area contributed by atoms with Crippen molar-refractivity contribution in [2.24, 2.45) is 5.92 Å². The molecule has 0 unspecified atom stereocenters. The van der Waals surface area contributed by atoms with Gasteiger partial charge in [0.15, 0.2) is 5.78 Å². The fourth-order valence-electron chi connectivity index (χ4n) is 3.36. The van der Waals surface area contributed by atoms with Gasteiger partial charge in [0.05, 0.1) is 7.11 Å². The molecular weight excluding hydrogens is 326 g/mol. The number of hydrogen-bond donors (Lipinski definition) is 2. The van der Waals surface area contributed by atoms with Crippen molar-refractivity contribution in [2.45, 2.75) is 12.3 Å². The van der Waals surface area contributed by atoms with E-state index in [0.717, 1.165) is 24.4 Å². The second kappa shape index (κ2) is 7.94. The third-order valence-electron chi connectivity index (χ3n) is 4.40. The Bertz CT molecular complexity index is 696. The van der Waals surface area contributed by atoms with E-state index in [-0.39, 0.29) is 5.78 Å². The number of carboxylic acids is 2. The predicted octanol–water partition coefficient (Wildman–Crippen LogP) is 1.64. The van der Waals surface area contributed by atoms with Crippen LogP contribution in [0.1, 0.15) is 28.3 Å². The first kappa shape index (κ1) is 18.7. The van der Waals surface area contributed by atoms with Crippen LogP contribution in [-0.4, -0.2) is 60.1 Å². The summed E-state index contributed by atoms with van der Waals surface area (Å²) >= 11 is 0. The third kappa shape index (κ3) is 4.67. The van der Waals surface area contributed by atoms with Crippen molar-refractivity contribution < 1.29 is 29.3 Å². The molecule has 1 aliphatic heterocycles. The van der Waals surface area contributed by atoms with E-state index in [9.17, 15) is 14.4 Å². The van der Waals surface area contributed by atoms with Crippen LogP contribution < -0.4 is 4.74 Å². The van der Waals surface area contributed by atoms with Crippen molar-refractivity contribution >= 4 is 17.7 Å². The van der Waals surface area contributed by atoms with Gasteiger partial charge in [-0.3, -0.25) is 4.79 Å². The zero-order valence-corrected chi connectivity index (χ0v) is 14.1. The second-order valence-electron chi connectivity index (χ2n) is 6.18. The van der Waals surface area contributed by atoms with Crippen molar-refractivity contribution in [3.63, 3.8) is 0 Å². The number of fused-ring (bicyclic) bond motifs is 3. The summed E-state index contributed by atoms with van der Waals surface area (Å²) < 4.78 is 5.20. The maximum absolute atomic E-state index is 12.1. The molecule has 1 heterocycles. The molecule has 134 valence electrons. The van der Waals surface area contributed by atoms with Crippen molar-refractivity contribution in [2.75, 3.05) is 27.2 Å². The maximum Gasteiger partial charge on any atom is 0.328 e. The Kier molecular flexibility index (Phi) is 5.93. The summed E-state index contributed by atoms with van der Waals surface area (Å²) in [5.74, 6) is -0.427. The largest absolute Gasteiger partial charge is 0.497 e. The lowest BCUT2D eigenvalue weighted by Crippen LogP contribution is -2.23. The first-order valence-corrected chi connectivity index (χ1v) is 7.85. The van der Waals surface area contributed by atoms with Crippen LogP contribution in [0.15, 0.2) is 30.4 Å². The summed E-state index contributed by atoms with van der Waals surface area (Å²) in [7, 11) is 3.77. The first-order chi connectivity index (χ1) is 11.8. The first-order valence-electron chi connectivity index (χ1n) is 7.85. The SMILES string of the molecule is COc1ccc2c(c1)C(=O)C[C@@H]1CN(C)C[C@H]21.O=C(O)/C=C/C(=O)O. The highest BCUT2D eigenvalue weighted by Gasteiger charge is 2.39. The standard InChI is InChI=1S/C14H17NO2.C4H4O4/c1-15-7-9-5-14(16)12-6-10(17-2)3-4-11(12)13(9)8-15;5-3(6)1-2-4(7)8/h3-4,6,9,13H,5,7-8H2,1-2H3;1-2H,(H,5,6)(H,7,8)/b;2-1+/t9-,13+;/m1./s1. The Labute approximate surface area is 145 Å². The average Bonchev–Trinajstić information content (AvgIpc) is 2.93. The lowest BCUT2D eigenvalue weighted by molar-refractivity contribution is -0.134. The zero-order valence-electron chi connectivity index (χ0n) is 14.1. The molecule has 0 spiro atoms. The van der Waals surface area contributed by atoms with E-state index in [1.165, 1.54) is 5.56 Å². The summed E-state index contributed by atoms with van der Waals surface area (Å²) in [4.78, 5) is 33.6. The Morgan fingerprint density at radius 2 is 1.84 bits per heavy atom. The number of hydrogen-bond acceptors (Lipinski definition) is 5.